The van der Waals surface area contributed by atoms with E-state index in [1.807, 2.05) is 12.1 Å². The maximum atomic E-state index is 6.15. The molecule has 2 heterocycles. The standard InChI is InChI=1S/C26H28N2O2/c1-29-23-12-10-20(11-13-23)14-16-27-17-15-22(18-27)28-24-7-3-2-6-21(24)19-30-26-9-5-4-8-25(26)28/h2-13,22H,14-19H2,1H3/t22-/m1/s1. The highest BCUT2D eigenvalue weighted by Gasteiger charge is 2.32. The van der Waals surface area contributed by atoms with Gasteiger partial charge in [0.05, 0.1) is 12.8 Å². The van der Waals surface area contributed by atoms with E-state index in [-0.39, 0.29) is 0 Å². The lowest BCUT2D eigenvalue weighted by molar-refractivity contribution is 0.310. The summed E-state index contributed by atoms with van der Waals surface area (Å²) in [5.41, 5.74) is 5.08. The monoisotopic (exact) mass is 400 g/mol. The zero-order chi connectivity index (χ0) is 20.3. The Morgan fingerprint density at radius 2 is 1.70 bits per heavy atom. The van der Waals surface area contributed by atoms with E-state index in [0.717, 1.165) is 44.0 Å². The minimum Gasteiger partial charge on any atom is -0.497 e. The summed E-state index contributed by atoms with van der Waals surface area (Å²) in [4.78, 5) is 5.11. The molecule has 3 aromatic carbocycles. The highest BCUT2D eigenvalue weighted by atomic mass is 16.5. The van der Waals surface area contributed by atoms with Crippen molar-refractivity contribution in [1.29, 1.82) is 0 Å². The van der Waals surface area contributed by atoms with Gasteiger partial charge in [0, 0.05) is 36.9 Å². The van der Waals surface area contributed by atoms with Crippen LogP contribution in [0.1, 0.15) is 17.5 Å². The van der Waals surface area contributed by atoms with Crippen molar-refractivity contribution in [3.05, 3.63) is 83.9 Å². The van der Waals surface area contributed by atoms with Gasteiger partial charge in [-0.3, -0.25) is 0 Å². The summed E-state index contributed by atoms with van der Waals surface area (Å²) >= 11 is 0. The second-order valence-corrected chi connectivity index (χ2v) is 8.10. The van der Waals surface area contributed by atoms with Crippen LogP contribution >= 0.6 is 0 Å². The highest BCUT2D eigenvalue weighted by Crippen LogP contribution is 2.42. The van der Waals surface area contributed by atoms with Crippen molar-refractivity contribution in [2.75, 3.05) is 31.6 Å². The molecule has 2 aliphatic heterocycles. The van der Waals surface area contributed by atoms with Crippen LogP contribution in [0.25, 0.3) is 0 Å². The molecule has 1 atom stereocenters. The Labute approximate surface area is 178 Å². The zero-order valence-corrected chi connectivity index (χ0v) is 17.5. The van der Waals surface area contributed by atoms with Crippen LogP contribution in [0.15, 0.2) is 72.8 Å². The number of methoxy groups -OCH3 is 1. The number of fused-ring (bicyclic) bond motifs is 2. The molecule has 0 radical (unpaired) electrons. The average Bonchev–Trinajstić information content (AvgIpc) is 3.20. The van der Waals surface area contributed by atoms with Gasteiger partial charge in [-0.1, -0.05) is 42.5 Å². The predicted octanol–water partition coefficient (Wildman–Crippen LogP) is 5.04. The molecule has 1 saturated heterocycles. The van der Waals surface area contributed by atoms with Gasteiger partial charge in [-0.05, 0) is 48.7 Å². The van der Waals surface area contributed by atoms with Gasteiger partial charge in [-0.2, -0.15) is 0 Å². The summed E-state index contributed by atoms with van der Waals surface area (Å²) in [6.45, 7) is 3.90. The van der Waals surface area contributed by atoms with Crippen LogP contribution in [0.3, 0.4) is 0 Å². The lowest BCUT2D eigenvalue weighted by Gasteiger charge is -2.32. The first-order valence-electron chi connectivity index (χ1n) is 10.8. The van der Waals surface area contributed by atoms with Crippen molar-refractivity contribution in [3.8, 4) is 11.5 Å². The van der Waals surface area contributed by atoms with E-state index in [0.29, 0.717) is 12.6 Å². The van der Waals surface area contributed by atoms with Crippen LogP contribution < -0.4 is 14.4 Å². The summed E-state index contributed by atoms with van der Waals surface area (Å²) in [5, 5.41) is 0. The van der Waals surface area contributed by atoms with Crippen LogP contribution in [-0.2, 0) is 13.0 Å². The molecule has 4 heteroatoms. The van der Waals surface area contributed by atoms with E-state index in [4.69, 9.17) is 9.47 Å². The minimum absolute atomic E-state index is 0.449. The molecule has 2 aliphatic rings. The number of hydrogen-bond donors (Lipinski definition) is 0. The van der Waals surface area contributed by atoms with E-state index in [9.17, 15) is 0 Å². The number of nitrogens with zero attached hydrogens (tertiary/aromatic N) is 2. The van der Waals surface area contributed by atoms with Gasteiger partial charge in [0.15, 0.2) is 0 Å². The summed E-state index contributed by atoms with van der Waals surface area (Å²) in [6.07, 6.45) is 2.22. The maximum absolute atomic E-state index is 6.15. The van der Waals surface area contributed by atoms with Gasteiger partial charge in [-0.15, -0.1) is 0 Å². The fourth-order valence-corrected chi connectivity index (χ4v) is 4.63. The van der Waals surface area contributed by atoms with Crippen LogP contribution in [0.2, 0.25) is 0 Å². The van der Waals surface area contributed by atoms with Gasteiger partial charge in [-0.25, -0.2) is 0 Å². The fraction of sp³-hybridized carbons (Fsp3) is 0.308. The van der Waals surface area contributed by atoms with Crippen molar-refractivity contribution in [1.82, 2.24) is 4.90 Å². The summed E-state index contributed by atoms with van der Waals surface area (Å²) in [6, 6.07) is 26.0. The number of hydrogen-bond acceptors (Lipinski definition) is 4. The van der Waals surface area contributed by atoms with Crippen molar-refractivity contribution in [3.63, 3.8) is 0 Å². The Morgan fingerprint density at radius 3 is 2.53 bits per heavy atom. The minimum atomic E-state index is 0.449. The number of ether oxygens (including phenoxy) is 2. The van der Waals surface area contributed by atoms with Crippen molar-refractivity contribution in [2.45, 2.75) is 25.5 Å². The first-order valence-corrected chi connectivity index (χ1v) is 10.8. The SMILES string of the molecule is COc1ccc(CCN2CC[C@@H](N3c4ccccc4COc4ccccc43)C2)cc1. The third-order valence-corrected chi connectivity index (χ3v) is 6.25. The maximum Gasteiger partial charge on any atom is 0.143 e. The number of benzene rings is 3. The smallest absolute Gasteiger partial charge is 0.143 e. The average molecular weight is 401 g/mol. The van der Waals surface area contributed by atoms with E-state index < -0.39 is 0 Å². The van der Waals surface area contributed by atoms with E-state index in [1.54, 1.807) is 7.11 Å². The van der Waals surface area contributed by atoms with Gasteiger partial charge in [0.25, 0.3) is 0 Å². The zero-order valence-electron chi connectivity index (χ0n) is 17.5. The Bertz CT molecular complexity index is 954. The molecule has 0 aliphatic carbocycles. The molecular weight excluding hydrogens is 372 g/mol. The number of rotatable bonds is 5. The Morgan fingerprint density at radius 1 is 0.933 bits per heavy atom. The van der Waals surface area contributed by atoms with Gasteiger partial charge in [0.2, 0.25) is 0 Å². The van der Waals surface area contributed by atoms with E-state index in [2.05, 4.69) is 70.5 Å². The van der Waals surface area contributed by atoms with E-state index in [1.165, 1.54) is 22.5 Å². The van der Waals surface area contributed by atoms with Crippen LogP contribution in [0, 0.1) is 0 Å². The lowest BCUT2D eigenvalue weighted by Crippen LogP contribution is -2.35. The summed E-state index contributed by atoms with van der Waals surface area (Å²) in [5.74, 6) is 1.89. The topological polar surface area (TPSA) is 24.9 Å². The van der Waals surface area contributed by atoms with E-state index >= 15 is 0 Å². The molecule has 0 amide bonds. The molecule has 154 valence electrons. The lowest BCUT2D eigenvalue weighted by atomic mass is 10.1. The molecule has 0 saturated carbocycles. The molecule has 0 bridgehead atoms. The molecule has 3 aromatic rings. The molecule has 1 fully saturated rings. The molecule has 0 aromatic heterocycles. The number of anilines is 2. The molecule has 0 unspecified atom stereocenters. The van der Waals surface area contributed by atoms with Crippen LogP contribution in [0.4, 0.5) is 11.4 Å². The third-order valence-electron chi connectivity index (χ3n) is 6.25. The second-order valence-electron chi connectivity index (χ2n) is 8.10. The van der Waals surface area contributed by atoms with Crippen LogP contribution in [0.5, 0.6) is 11.5 Å². The normalized spacial score (nSPS) is 18.3. The Balaban J connectivity index is 1.33. The molecule has 30 heavy (non-hydrogen) atoms. The van der Waals surface area contributed by atoms with Crippen molar-refractivity contribution in [2.24, 2.45) is 0 Å². The first kappa shape index (κ1) is 19.0. The molecular formula is C26H28N2O2. The number of likely N-dealkylation sites (tertiary alicyclic amines) is 1. The molecule has 4 nitrogen and oxygen atoms in total. The van der Waals surface area contributed by atoms with Gasteiger partial charge in [0.1, 0.15) is 18.1 Å². The summed E-state index contributed by atoms with van der Waals surface area (Å²) < 4.78 is 11.4. The predicted molar refractivity (Wildman–Crippen MR) is 121 cm³/mol. The molecule has 0 spiro atoms. The van der Waals surface area contributed by atoms with Crippen molar-refractivity contribution >= 4 is 11.4 Å². The second kappa shape index (κ2) is 8.41. The largest absolute Gasteiger partial charge is 0.497 e. The Kier molecular flexibility index (Phi) is 5.33. The van der Waals surface area contributed by atoms with Gasteiger partial charge < -0.3 is 19.3 Å². The van der Waals surface area contributed by atoms with Crippen LogP contribution in [-0.4, -0.2) is 37.7 Å². The van der Waals surface area contributed by atoms with Crippen molar-refractivity contribution < 1.29 is 9.47 Å². The highest BCUT2D eigenvalue weighted by molar-refractivity contribution is 5.73. The van der Waals surface area contributed by atoms with Gasteiger partial charge >= 0.3 is 0 Å². The Hall–Kier alpha value is -2.98. The molecule has 0 N–H and O–H groups in total. The number of para-hydroxylation sites is 3. The molecule has 5 rings (SSSR count). The summed E-state index contributed by atoms with van der Waals surface area (Å²) in [7, 11) is 1.71. The first-order chi connectivity index (χ1) is 14.8. The third kappa shape index (κ3) is 3.75. The quantitative estimate of drug-likeness (QED) is 0.599. The fourth-order valence-electron chi connectivity index (χ4n) is 4.63.